The molecule has 120 valence electrons. The van der Waals surface area contributed by atoms with Gasteiger partial charge in [-0.2, -0.15) is 5.10 Å². The second kappa shape index (κ2) is 6.50. The molecule has 0 N–H and O–H groups in total. The maximum absolute atomic E-state index is 12.4. The second-order valence-electron chi connectivity index (χ2n) is 6.24. The summed E-state index contributed by atoms with van der Waals surface area (Å²) in [6, 6.07) is 2.05. The molecule has 1 fully saturated rings. The number of amides is 2. The summed E-state index contributed by atoms with van der Waals surface area (Å²) in [4.78, 5) is 28.1. The van der Waals surface area contributed by atoms with Crippen LogP contribution in [0.2, 0.25) is 0 Å². The van der Waals surface area contributed by atoms with Crippen molar-refractivity contribution < 1.29 is 9.59 Å². The van der Waals surface area contributed by atoms with E-state index in [0.29, 0.717) is 32.5 Å². The Labute approximate surface area is 131 Å². The molecule has 2 amide bonds. The molecule has 0 aliphatic carbocycles. The number of carbonyl (C=O) groups excluding carboxylic acids is 2. The van der Waals surface area contributed by atoms with Crippen LogP contribution in [-0.2, 0) is 16.1 Å². The largest absolute Gasteiger partial charge is 0.340 e. The summed E-state index contributed by atoms with van der Waals surface area (Å²) in [6.45, 7) is 4.87. The summed E-state index contributed by atoms with van der Waals surface area (Å²) in [6.07, 6.45) is 5.95. The number of carbonyl (C=O) groups is 2. The fraction of sp³-hybridized carbons (Fsp3) is 0.688. The van der Waals surface area contributed by atoms with Gasteiger partial charge in [0.15, 0.2) is 0 Å². The third-order valence-corrected chi connectivity index (χ3v) is 4.58. The number of fused-ring (bicyclic) bond motifs is 1. The van der Waals surface area contributed by atoms with Crippen LogP contribution in [0.5, 0.6) is 0 Å². The Bertz CT molecular complexity index is 554. The number of aromatic nitrogens is 2. The van der Waals surface area contributed by atoms with E-state index in [1.165, 1.54) is 0 Å². The molecule has 2 aliphatic heterocycles. The van der Waals surface area contributed by atoms with Crippen molar-refractivity contribution in [3.63, 3.8) is 0 Å². The maximum atomic E-state index is 12.4. The topological polar surface area (TPSA) is 58.4 Å². The first kappa shape index (κ1) is 15.1. The molecule has 3 rings (SSSR count). The molecule has 1 unspecified atom stereocenters. The highest BCUT2D eigenvalue weighted by molar-refractivity contribution is 5.78. The number of rotatable bonds is 5. The molecule has 0 bridgehead atoms. The number of likely N-dealkylation sites (tertiary alicyclic amines) is 1. The van der Waals surface area contributed by atoms with Crippen LogP contribution >= 0.6 is 0 Å². The van der Waals surface area contributed by atoms with Crippen LogP contribution in [0.1, 0.15) is 50.8 Å². The molecular weight excluding hydrogens is 280 g/mol. The first-order valence-corrected chi connectivity index (χ1v) is 8.27. The Morgan fingerprint density at radius 1 is 1.45 bits per heavy atom. The lowest BCUT2D eigenvalue weighted by atomic mass is 10.1. The lowest BCUT2D eigenvalue weighted by Gasteiger charge is -2.35. The normalized spacial score (nSPS) is 21.3. The van der Waals surface area contributed by atoms with Gasteiger partial charge in [0.25, 0.3) is 0 Å². The quantitative estimate of drug-likeness (QED) is 0.830. The molecule has 1 saturated heterocycles. The maximum Gasteiger partial charge on any atom is 0.222 e. The molecule has 0 spiro atoms. The molecule has 2 aliphatic rings. The first-order valence-electron chi connectivity index (χ1n) is 8.27. The van der Waals surface area contributed by atoms with Crippen molar-refractivity contribution in [1.29, 1.82) is 0 Å². The minimum Gasteiger partial charge on any atom is -0.340 e. The van der Waals surface area contributed by atoms with Gasteiger partial charge in [-0.15, -0.1) is 0 Å². The molecule has 0 radical (unpaired) electrons. The van der Waals surface area contributed by atoms with Crippen LogP contribution in [0.15, 0.2) is 12.3 Å². The minimum atomic E-state index is 0.0753. The van der Waals surface area contributed by atoms with Gasteiger partial charge < -0.3 is 9.80 Å². The van der Waals surface area contributed by atoms with Crippen molar-refractivity contribution >= 4 is 11.8 Å². The van der Waals surface area contributed by atoms with Crippen molar-refractivity contribution in [2.45, 2.75) is 51.6 Å². The summed E-state index contributed by atoms with van der Waals surface area (Å²) in [5.41, 5.74) is 1.06. The zero-order valence-electron chi connectivity index (χ0n) is 13.2. The van der Waals surface area contributed by atoms with Gasteiger partial charge in [0.2, 0.25) is 11.8 Å². The van der Waals surface area contributed by atoms with Crippen molar-refractivity contribution in [2.24, 2.45) is 0 Å². The van der Waals surface area contributed by atoms with E-state index in [2.05, 4.69) is 12.0 Å². The number of hydrogen-bond acceptors (Lipinski definition) is 3. The number of hydrogen-bond donors (Lipinski definition) is 0. The monoisotopic (exact) mass is 304 g/mol. The van der Waals surface area contributed by atoms with Crippen LogP contribution in [0, 0.1) is 0 Å². The summed E-state index contributed by atoms with van der Waals surface area (Å²) in [5.74, 6) is 0.440. The summed E-state index contributed by atoms with van der Waals surface area (Å²) >= 11 is 0. The smallest absolute Gasteiger partial charge is 0.222 e. The molecule has 0 saturated carbocycles. The van der Waals surface area contributed by atoms with Crippen molar-refractivity contribution in [3.05, 3.63) is 18.0 Å². The van der Waals surface area contributed by atoms with Crippen LogP contribution in [0.4, 0.5) is 0 Å². The van der Waals surface area contributed by atoms with Gasteiger partial charge in [-0.05, 0) is 18.9 Å². The van der Waals surface area contributed by atoms with Gasteiger partial charge in [0.1, 0.15) is 0 Å². The van der Waals surface area contributed by atoms with E-state index in [1.807, 2.05) is 20.5 Å². The molecule has 0 aromatic carbocycles. The average Bonchev–Trinajstić information content (AvgIpc) is 3.14. The average molecular weight is 304 g/mol. The third-order valence-electron chi connectivity index (χ3n) is 4.58. The standard InChI is InChI=1S/C16H24N4O2/c1-2-3-5-16(22)19-10-13-7-8-17-20(13)14(12-19)11-18-9-4-6-15(18)21/h7-8,14H,2-6,9-12H2,1H3. The van der Waals surface area contributed by atoms with Crippen LogP contribution in [0.3, 0.4) is 0 Å². The van der Waals surface area contributed by atoms with Gasteiger partial charge in [0, 0.05) is 38.7 Å². The lowest BCUT2D eigenvalue weighted by Crippen LogP contribution is -2.45. The lowest BCUT2D eigenvalue weighted by molar-refractivity contribution is -0.133. The van der Waals surface area contributed by atoms with Crippen molar-refractivity contribution in [2.75, 3.05) is 19.6 Å². The Kier molecular flexibility index (Phi) is 4.45. The highest BCUT2D eigenvalue weighted by Gasteiger charge is 2.31. The Morgan fingerprint density at radius 2 is 2.32 bits per heavy atom. The highest BCUT2D eigenvalue weighted by Crippen LogP contribution is 2.24. The fourth-order valence-electron chi connectivity index (χ4n) is 3.35. The van der Waals surface area contributed by atoms with Gasteiger partial charge in [-0.1, -0.05) is 13.3 Å². The van der Waals surface area contributed by atoms with E-state index in [9.17, 15) is 9.59 Å². The predicted octanol–water partition coefficient (Wildman–Crippen LogP) is 1.58. The van der Waals surface area contributed by atoms with E-state index in [0.717, 1.165) is 31.5 Å². The number of unbranched alkanes of at least 4 members (excludes halogenated alkanes) is 1. The molecule has 3 heterocycles. The Morgan fingerprint density at radius 3 is 3.05 bits per heavy atom. The molecule has 1 atom stereocenters. The van der Waals surface area contributed by atoms with Crippen LogP contribution in [-0.4, -0.2) is 51.0 Å². The predicted molar refractivity (Wildman–Crippen MR) is 82.0 cm³/mol. The highest BCUT2D eigenvalue weighted by atomic mass is 16.2. The van der Waals surface area contributed by atoms with E-state index < -0.39 is 0 Å². The van der Waals surface area contributed by atoms with Crippen LogP contribution in [0.25, 0.3) is 0 Å². The Hall–Kier alpha value is -1.85. The van der Waals surface area contributed by atoms with Gasteiger partial charge >= 0.3 is 0 Å². The molecule has 6 nitrogen and oxygen atoms in total. The zero-order valence-corrected chi connectivity index (χ0v) is 13.2. The SMILES string of the molecule is CCCCC(=O)N1Cc2ccnn2C(CN2CCCC2=O)C1. The third kappa shape index (κ3) is 3.00. The Balaban J connectivity index is 1.71. The van der Waals surface area contributed by atoms with Gasteiger partial charge in [-0.25, -0.2) is 0 Å². The molecule has 6 heteroatoms. The van der Waals surface area contributed by atoms with E-state index in [1.54, 1.807) is 6.20 Å². The first-order chi connectivity index (χ1) is 10.7. The zero-order chi connectivity index (χ0) is 15.5. The summed E-state index contributed by atoms with van der Waals surface area (Å²) in [5, 5.41) is 4.40. The second-order valence-corrected chi connectivity index (χ2v) is 6.24. The summed E-state index contributed by atoms with van der Waals surface area (Å²) < 4.78 is 2.00. The minimum absolute atomic E-state index is 0.0753. The van der Waals surface area contributed by atoms with E-state index in [-0.39, 0.29) is 17.9 Å². The molecule has 22 heavy (non-hydrogen) atoms. The molecular formula is C16H24N4O2. The van der Waals surface area contributed by atoms with Gasteiger partial charge in [-0.3, -0.25) is 14.3 Å². The van der Waals surface area contributed by atoms with Crippen LogP contribution < -0.4 is 0 Å². The molecule has 1 aromatic heterocycles. The van der Waals surface area contributed by atoms with Crippen molar-refractivity contribution in [3.8, 4) is 0 Å². The number of nitrogens with zero attached hydrogens (tertiary/aromatic N) is 4. The summed E-state index contributed by atoms with van der Waals surface area (Å²) in [7, 11) is 0. The van der Waals surface area contributed by atoms with E-state index >= 15 is 0 Å². The fourth-order valence-corrected chi connectivity index (χ4v) is 3.35. The molecule has 1 aromatic rings. The van der Waals surface area contributed by atoms with Gasteiger partial charge in [0.05, 0.1) is 18.3 Å². The van der Waals surface area contributed by atoms with E-state index in [4.69, 9.17) is 0 Å². The van der Waals surface area contributed by atoms with Crippen molar-refractivity contribution in [1.82, 2.24) is 19.6 Å².